The van der Waals surface area contributed by atoms with Crippen LogP contribution in [-0.2, 0) is 0 Å². The molecule has 0 saturated carbocycles. The van der Waals surface area contributed by atoms with E-state index in [1.807, 2.05) is 0 Å². The van der Waals surface area contributed by atoms with E-state index in [2.05, 4.69) is 20.6 Å². The number of aliphatic hydroxyl groups is 1. The maximum atomic E-state index is 13.4. The highest BCUT2D eigenvalue weighted by Crippen LogP contribution is 2.20. The molecule has 2 aromatic rings. The van der Waals surface area contributed by atoms with Crippen molar-refractivity contribution in [1.29, 1.82) is 0 Å². The average molecular weight is 266 g/mol. The molecule has 1 aromatic carbocycles. The van der Waals surface area contributed by atoms with Gasteiger partial charge in [0.2, 0.25) is 0 Å². The van der Waals surface area contributed by atoms with E-state index in [1.165, 1.54) is 12.4 Å². The van der Waals surface area contributed by atoms with E-state index in [1.54, 1.807) is 0 Å². The Morgan fingerprint density at radius 2 is 1.89 bits per heavy atom. The molecule has 100 valence electrons. The quantitative estimate of drug-likeness (QED) is 0.771. The summed E-state index contributed by atoms with van der Waals surface area (Å²) in [6.45, 7) is 0.302. The van der Waals surface area contributed by atoms with Gasteiger partial charge in [-0.15, -0.1) is 0 Å². The number of aromatic nitrogens is 2. The molecule has 2 rings (SSSR count). The zero-order chi connectivity index (χ0) is 13.7. The summed E-state index contributed by atoms with van der Waals surface area (Å²) in [4.78, 5) is 7.82. The Balaban J connectivity index is 2.16. The molecule has 0 aliphatic rings. The monoisotopic (exact) mass is 266 g/mol. The van der Waals surface area contributed by atoms with Gasteiger partial charge in [-0.05, 0) is 12.1 Å². The maximum absolute atomic E-state index is 13.4. The Kier molecular flexibility index (Phi) is 4.19. The lowest BCUT2D eigenvalue weighted by atomic mass is 10.3. The van der Waals surface area contributed by atoms with Crippen molar-refractivity contribution in [2.75, 3.05) is 23.8 Å². The molecule has 0 amide bonds. The van der Waals surface area contributed by atoms with Crippen molar-refractivity contribution in [3.8, 4) is 0 Å². The first-order valence-electron chi connectivity index (χ1n) is 5.58. The fourth-order valence-electron chi connectivity index (χ4n) is 1.44. The van der Waals surface area contributed by atoms with Crippen LogP contribution in [0.5, 0.6) is 0 Å². The number of aliphatic hydroxyl groups excluding tert-OH is 1. The highest BCUT2D eigenvalue weighted by Gasteiger charge is 2.05. The van der Waals surface area contributed by atoms with Crippen molar-refractivity contribution >= 4 is 17.3 Å². The minimum Gasteiger partial charge on any atom is -0.395 e. The summed E-state index contributed by atoms with van der Waals surface area (Å²) in [5, 5.41) is 14.2. The number of benzene rings is 1. The number of nitrogens with zero attached hydrogens (tertiary/aromatic N) is 2. The Morgan fingerprint density at radius 1 is 1.11 bits per heavy atom. The van der Waals surface area contributed by atoms with Crippen LogP contribution < -0.4 is 10.6 Å². The minimum atomic E-state index is -0.579. The van der Waals surface area contributed by atoms with Crippen LogP contribution in [-0.4, -0.2) is 28.2 Å². The Labute approximate surface area is 108 Å². The van der Waals surface area contributed by atoms with Gasteiger partial charge in [0.1, 0.15) is 29.6 Å². The third-order valence-electron chi connectivity index (χ3n) is 2.28. The Hall–Kier alpha value is -2.28. The van der Waals surface area contributed by atoms with Crippen molar-refractivity contribution in [3.05, 3.63) is 42.2 Å². The molecule has 0 bridgehead atoms. The molecule has 7 heteroatoms. The molecule has 19 heavy (non-hydrogen) atoms. The van der Waals surface area contributed by atoms with Crippen LogP contribution in [0.1, 0.15) is 0 Å². The molecule has 0 saturated heterocycles. The summed E-state index contributed by atoms with van der Waals surface area (Å²) in [6, 6.07) is 4.64. The third kappa shape index (κ3) is 3.59. The lowest BCUT2D eigenvalue weighted by Gasteiger charge is -2.08. The topological polar surface area (TPSA) is 70.1 Å². The van der Waals surface area contributed by atoms with Gasteiger partial charge < -0.3 is 15.7 Å². The molecular weight excluding hydrogens is 254 g/mol. The minimum absolute atomic E-state index is 0.00759. The summed E-state index contributed by atoms with van der Waals surface area (Å²) in [7, 11) is 0. The van der Waals surface area contributed by atoms with Gasteiger partial charge in [0, 0.05) is 18.7 Å². The summed E-state index contributed by atoms with van der Waals surface area (Å²) in [5.74, 6) is -0.329. The fraction of sp³-hybridized carbons (Fsp3) is 0.167. The molecule has 1 heterocycles. The van der Waals surface area contributed by atoms with E-state index in [4.69, 9.17) is 5.11 Å². The van der Waals surface area contributed by atoms with Gasteiger partial charge in [0.25, 0.3) is 0 Å². The lowest BCUT2D eigenvalue weighted by Crippen LogP contribution is -2.07. The summed E-state index contributed by atoms with van der Waals surface area (Å²) >= 11 is 0. The van der Waals surface area contributed by atoms with E-state index >= 15 is 0 Å². The molecule has 0 aliphatic heterocycles. The van der Waals surface area contributed by atoms with Crippen LogP contribution in [0, 0.1) is 11.6 Å². The van der Waals surface area contributed by atoms with Gasteiger partial charge in [0.05, 0.1) is 12.3 Å². The first kappa shape index (κ1) is 13.2. The number of hydrogen-bond donors (Lipinski definition) is 3. The molecule has 0 aliphatic carbocycles. The first-order chi connectivity index (χ1) is 9.19. The molecule has 0 unspecified atom stereocenters. The van der Waals surface area contributed by atoms with E-state index in [-0.39, 0.29) is 12.3 Å². The highest BCUT2D eigenvalue weighted by molar-refractivity contribution is 5.59. The second-order valence-corrected chi connectivity index (χ2v) is 3.69. The maximum Gasteiger partial charge on any atom is 0.146 e. The predicted molar refractivity (Wildman–Crippen MR) is 67.2 cm³/mol. The standard InChI is InChI=1S/C12H12F2N4O/c13-8-1-2-9(14)10(5-8)18-12-6-11(15-3-4-19)16-7-17-12/h1-2,5-7,19H,3-4H2,(H2,15,16,17,18). The van der Waals surface area contributed by atoms with Crippen molar-refractivity contribution in [2.24, 2.45) is 0 Å². The summed E-state index contributed by atoms with van der Waals surface area (Å²) in [6.07, 6.45) is 1.28. The van der Waals surface area contributed by atoms with Crippen molar-refractivity contribution < 1.29 is 13.9 Å². The van der Waals surface area contributed by atoms with Crippen LogP contribution in [0.25, 0.3) is 0 Å². The van der Waals surface area contributed by atoms with Crippen LogP contribution in [0.4, 0.5) is 26.1 Å². The van der Waals surface area contributed by atoms with Gasteiger partial charge in [-0.25, -0.2) is 18.7 Å². The smallest absolute Gasteiger partial charge is 0.146 e. The normalized spacial score (nSPS) is 10.3. The number of halogens is 2. The molecule has 0 radical (unpaired) electrons. The third-order valence-corrected chi connectivity index (χ3v) is 2.28. The predicted octanol–water partition coefficient (Wildman–Crippen LogP) is 1.90. The largest absolute Gasteiger partial charge is 0.395 e. The molecule has 0 fully saturated rings. The number of rotatable bonds is 5. The molecule has 3 N–H and O–H groups in total. The fourth-order valence-corrected chi connectivity index (χ4v) is 1.44. The van der Waals surface area contributed by atoms with Gasteiger partial charge in [-0.2, -0.15) is 0 Å². The Bertz CT molecular complexity index is 565. The van der Waals surface area contributed by atoms with Crippen molar-refractivity contribution in [2.45, 2.75) is 0 Å². The number of anilines is 3. The zero-order valence-electron chi connectivity index (χ0n) is 9.90. The van der Waals surface area contributed by atoms with Gasteiger partial charge >= 0.3 is 0 Å². The Morgan fingerprint density at radius 3 is 2.68 bits per heavy atom. The molecular formula is C12H12F2N4O. The van der Waals surface area contributed by atoms with Crippen molar-refractivity contribution in [3.63, 3.8) is 0 Å². The van der Waals surface area contributed by atoms with Crippen molar-refractivity contribution in [1.82, 2.24) is 9.97 Å². The van der Waals surface area contributed by atoms with Gasteiger partial charge in [-0.1, -0.05) is 0 Å². The second-order valence-electron chi connectivity index (χ2n) is 3.69. The lowest BCUT2D eigenvalue weighted by molar-refractivity contribution is 0.311. The van der Waals surface area contributed by atoms with Gasteiger partial charge in [-0.3, -0.25) is 0 Å². The second kappa shape index (κ2) is 6.05. The molecule has 5 nitrogen and oxygen atoms in total. The highest BCUT2D eigenvalue weighted by atomic mass is 19.1. The summed E-state index contributed by atoms with van der Waals surface area (Å²) in [5.41, 5.74) is -0.00759. The zero-order valence-corrected chi connectivity index (χ0v) is 9.90. The van der Waals surface area contributed by atoms with E-state index in [0.717, 1.165) is 18.2 Å². The molecule has 0 spiro atoms. The number of hydrogen-bond acceptors (Lipinski definition) is 5. The van der Waals surface area contributed by atoms with Crippen LogP contribution >= 0.6 is 0 Å². The van der Waals surface area contributed by atoms with Crippen LogP contribution in [0.2, 0.25) is 0 Å². The van der Waals surface area contributed by atoms with Crippen LogP contribution in [0.3, 0.4) is 0 Å². The first-order valence-corrected chi connectivity index (χ1v) is 5.58. The number of nitrogens with one attached hydrogen (secondary N) is 2. The average Bonchev–Trinajstić information content (AvgIpc) is 2.41. The SMILES string of the molecule is OCCNc1cc(Nc2cc(F)ccc2F)ncn1. The van der Waals surface area contributed by atoms with Gasteiger partial charge in [0.15, 0.2) is 0 Å². The summed E-state index contributed by atoms with van der Waals surface area (Å²) < 4.78 is 26.5. The van der Waals surface area contributed by atoms with E-state index < -0.39 is 11.6 Å². The molecule has 1 aromatic heterocycles. The van der Waals surface area contributed by atoms with E-state index in [9.17, 15) is 8.78 Å². The van der Waals surface area contributed by atoms with Crippen LogP contribution in [0.15, 0.2) is 30.6 Å². The molecule has 0 atom stereocenters. The van der Waals surface area contributed by atoms with E-state index in [0.29, 0.717) is 18.2 Å².